The molecule has 0 aliphatic rings. The van der Waals surface area contributed by atoms with E-state index in [1.54, 1.807) is 0 Å². The number of hydrogen-bond acceptors (Lipinski definition) is 2. The summed E-state index contributed by atoms with van der Waals surface area (Å²) in [5.41, 5.74) is 13.2. The van der Waals surface area contributed by atoms with Crippen LogP contribution in [0.25, 0.3) is 82.5 Å². The molecular formula is C52H34N2O. The number of nitrogens with zero attached hydrogens (tertiary/aromatic N) is 2. The van der Waals surface area contributed by atoms with E-state index in [0.29, 0.717) is 0 Å². The summed E-state index contributed by atoms with van der Waals surface area (Å²) >= 11 is 0. The average Bonchev–Trinajstić information content (AvgIpc) is 3.81. The van der Waals surface area contributed by atoms with Crippen molar-refractivity contribution in [1.82, 2.24) is 4.57 Å². The van der Waals surface area contributed by atoms with Crippen LogP contribution in [0.15, 0.2) is 211 Å². The molecule has 0 saturated heterocycles. The molecule has 3 heteroatoms. The Balaban J connectivity index is 1.07. The monoisotopic (exact) mass is 702 g/mol. The zero-order valence-corrected chi connectivity index (χ0v) is 29.9. The molecule has 0 aliphatic carbocycles. The zero-order chi connectivity index (χ0) is 36.3. The molecule has 2 heterocycles. The van der Waals surface area contributed by atoms with Crippen molar-refractivity contribution in [1.29, 1.82) is 0 Å². The largest absolute Gasteiger partial charge is 0.456 e. The van der Waals surface area contributed by atoms with Crippen molar-refractivity contribution >= 4 is 71.6 Å². The Labute approximate surface area is 318 Å². The van der Waals surface area contributed by atoms with E-state index in [0.717, 1.165) is 61.4 Å². The first-order chi connectivity index (χ1) is 27.3. The van der Waals surface area contributed by atoms with E-state index in [4.69, 9.17) is 4.42 Å². The summed E-state index contributed by atoms with van der Waals surface area (Å²) in [6, 6.07) is 74.0. The molecule has 258 valence electrons. The molecule has 55 heavy (non-hydrogen) atoms. The Hall–Kier alpha value is -7.36. The zero-order valence-electron chi connectivity index (χ0n) is 29.9. The molecule has 11 rings (SSSR count). The quantitative estimate of drug-likeness (QED) is 0.172. The third-order valence-electron chi connectivity index (χ3n) is 11.0. The second-order valence-electron chi connectivity index (χ2n) is 14.1. The van der Waals surface area contributed by atoms with Gasteiger partial charge in [-0.1, -0.05) is 146 Å². The summed E-state index contributed by atoms with van der Waals surface area (Å²) in [7, 11) is 0. The topological polar surface area (TPSA) is 21.3 Å². The molecule has 0 atom stereocenters. The molecule has 3 nitrogen and oxygen atoms in total. The first-order valence-electron chi connectivity index (χ1n) is 18.8. The lowest BCUT2D eigenvalue weighted by Crippen LogP contribution is -2.11. The lowest BCUT2D eigenvalue weighted by molar-refractivity contribution is 0.669. The number of aromatic nitrogens is 1. The predicted octanol–water partition coefficient (Wildman–Crippen LogP) is 14.6. The molecule has 9 aromatic carbocycles. The van der Waals surface area contributed by atoms with Gasteiger partial charge >= 0.3 is 0 Å². The van der Waals surface area contributed by atoms with Crippen LogP contribution in [0.4, 0.5) is 17.1 Å². The van der Waals surface area contributed by atoms with E-state index in [-0.39, 0.29) is 0 Å². The molecule has 0 fully saturated rings. The van der Waals surface area contributed by atoms with Gasteiger partial charge in [0.1, 0.15) is 11.2 Å². The number of furan rings is 1. The van der Waals surface area contributed by atoms with Crippen molar-refractivity contribution in [3.8, 4) is 27.9 Å². The minimum Gasteiger partial charge on any atom is -0.456 e. The van der Waals surface area contributed by atoms with Gasteiger partial charge in [-0.05, 0) is 82.7 Å². The van der Waals surface area contributed by atoms with E-state index in [2.05, 4.69) is 204 Å². The minimum atomic E-state index is 0.887. The van der Waals surface area contributed by atoms with Crippen LogP contribution in [0, 0.1) is 0 Å². The lowest BCUT2D eigenvalue weighted by atomic mass is 9.96. The van der Waals surface area contributed by atoms with E-state index >= 15 is 0 Å². The fourth-order valence-corrected chi connectivity index (χ4v) is 8.53. The van der Waals surface area contributed by atoms with E-state index in [1.165, 1.54) is 38.1 Å². The first kappa shape index (κ1) is 31.2. The van der Waals surface area contributed by atoms with Crippen molar-refractivity contribution < 1.29 is 4.42 Å². The number of para-hydroxylation sites is 4. The maximum Gasteiger partial charge on any atom is 0.136 e. The molecule has 0 spiro atoms. The summed E-state index contributed by atoms with van der Waals surface area (Å²) in [4.78, 5) is 2.41. The summed E-state index contributed by atoms with van der Waals surface area (Å²) < 4.78 is 8.74. The lowest BCUT2D eigenvalue weighted by Gasteiger charge is -2.29. The molecule has 11 aromatic rings. The molecule has 2 aromatic heterocycles. The summed E-state index contributed by atoms with van der Waals surface area (Å²) in [5, 5.41) is 7.16. The van der Waals surface area contributed by atoms with Crippen molar-refractivity contribution in [2.75, 3.05) is 4.90 Å². The van der Waals surface area contributed by atoms with Crippen LogP contribution in [-0.4, -0.2) is 4.57 Å². The average molecular weight is 703 g/mol. The third kappa shape index (κ3) is 5.05. The van der Waals surface area contributed by atoms with Gasteiger partial charge in [-0.15, -0.1) is 0 Å². The number of anilines is 3. The normalized spacial score (nSPS) is 11.6. The van der Waals surface area contributed by atoms with Gasteiger partial charge in [-0.2, -0.15) is 0 Å². The number of rotatable bonds is 6. The van der Waals surface area contributed by atoms with Gasteiger partial charge in [0.15, 0.2) is 0 Å². The highest BCUT2D eigenvalue weighted by Gasteiger charge is 2.22. The first-order valence-corrected chi connectivity index (χ1v) is 18.8. The van der Waals surface area contributed by atoms with Crippen LogP contribution < -0.4 is 4.90 Å². The van der Waals surface area contributed by atoms with E-state index < -0.39 is 0 Å². The van der Waals surface area contributed by atoms with Gasteiger partial charge in [0.2, 0.25) is 0 Å². The fourth-order valence-electron chi connectivity index (χ4n) is 8.53. The number of hydrogen-bond donors (Lipinski definition) is 0. The van der Waals surface area contributed by atoms with Gasteiger partial charge in [-0.25, -0.2) is 0 Å². The maximum atomic E-state index is 6.36. The minimum absolute atomic E-state index is 0.887. The summed E-state index contributed by atoms with van der Waals surface area (Å²) in [6.45, 7) is 0. The summed E-state index contributed by atoms with van der Waals surface area (Å²) in [6.07, 6.45) is 0. The molecular weight excluding hydrogens is 669 g/mol. The van der Waals surface area contributed by atoms with Crippen LogP contribution >= 0.6 is 0 Å². The van der Waals surface area contributed by atoms with Crippen molar-refractivity contribution in [3.05, 3.63) is 206 Å². The molecule has 0 aliphatic heterocycles. The molecule has 0 unspecified atom stereocenters. The van der Waals surface area contributed by atoms with Crippen LogP contribution in [-0.2, 0) is 0 Å². The number of benzene rings is 9. The third-order valence-corrected chi connectivity index (χ3v) is 11.0. The van der Waals surface area contributed by atoms with Crippen LogP contribution in [0.1, 0.15) is 0 Å². The second kappa shape index (κ2) is 12.6. The summed E-state index contributed by atoms with van der Waals surface area (Å²) in [5.74, 6) is 0. The fraction of sp³-hybridized carbons (Fsp3) is 0. The number of fused-ring (bicyclic) bond motifs is 7. The Morgan fingerprint density at radius 1 is 0.382 bits per heavy atom. The van der Waals surface area contributed by atoms with Crippen LogP contribution in [0.5, 0.6) is 0 Å². The van der Waals surface area contributed by atoms with E-state index in [9.17, 15) is 0 Å². The van der Waals surface area contributed by atoms with Crippen molar-refractivity contribution in [2.24, 2.45) is 0 Å². The van der Waals surface area contributed by atoms with Gasteiger partial charge in [0, 0.05) is 43.9 Å². The van der Waals surface area contributed by atoms with Gasteiger partial charge in [-0.3, -0.25) is 0 Å². The standard InChI is InChI=1S/C52H34N2O/c1-2-18-40-36(14-1)15-12-27-46(40)53(49-26-9-5-21-43(49)44-23-13-29-51-52(44)45-22-6-10-28-50(45)55-51)38-32-30-35(31-33-38)37-16-11-17-39(34-37)54-47-24-7-3-19-41(47)42-20-4-8-25-48(42)54/h1-34H. The van der Waals surface area contributed by atoms with Crippen molar-refractivity contribution in [2.45, 2.75) is 0 Å². The SMILES string of the molecule is c1cc(-c2ccc(N(c3ccccc3-c3cccc4oc5ccccc5c34)c3cccc4ccccc34)cc2)cc(-n2c3ccccc3c3ccccc32)c1. The second-order valence-corrected chi connectivity index (χ2v) is 14.1. The molecule has 0 saturated carbocycles. The highest BCUT2D eigenvalue weighted by atomic mass is 16.3. The van der Waals surface area contributed by atoms with Gasteiger partial charge in [0.25, 0.3) is 0 Å². The Kier molecular flexibility index (Phi) is 7.17. The van der Waals surface area contributed by atoms with Gasteiger partial charge in [0.05, 0.1) is 22.4 Å². The molecule has 0 amide bonds. The molecule has 0 N–H and O–H groups in total. The maximum absolute atomic E-state index is 6.36. The van der Waals surface area contributed by atoms with Crippen molar-refractivity contribution in [3.63, 3.8) is 0 Å². The van der Waals surface area contributed by atoms with Crippen LogP contribution in [0.3, 0.4) is 0 Å². The van der Waals surface area contributed by atoms with Crippen LogP contribution in [0.2, 0.25) is 0 Å². The van der Waals surface area contributed by atoms with Gasteiger partial charge < -0.3 is 13.9 Å². The Bertz CT molecular complexity index is 3160. The molecule has 0 radical (unpaired) electrons. The Morgan fingerprint density at radius 2 is 0.964 bits per heavy atom. The Morgan fingerprint density at radius 3 is 1.78 bits per heavy atom. The van der Waals surface area contributed by atoms with E-state index in [1.807, 2.05) is 12.1 Å². The predicted molar refractivity (Wildman–Crippen MR) is 231 cm³/mol. The molecule has 0 bridgehead atoms. The highest BCUT2D eigenvalue weighted by Crippen LogP contribution is 2.46. The smallest absolute Gasteiger partial charge is 0.136 e. The highest BCUT2D eigenvalue weighted by molar-refractivity contribution is 6.14.